The van der Waals surface area contributed by atoms with E-state index in [1.807, 2.05) is 38.2 Å². The fourth-order valence-electron chi connectivity index (χ4n) is 4.99. The van der Waals surface area contributed by atoms with Gasteiger partial charge in [-0.05, 0) is 50.6 Å². The van der Waals surface area contributed by atoms with Crippen LogP contribution in [-0.4, -0.2) is 35.9 Å². The Hall–Kier alpha value is -4.11. The third kappa shape index (κ3) is 4.03. The van der Waals surface area contributed by atoms with Gasteiger partial charge in [-0.1, -0.05) is 35.6 Å². The highest BCUT2D eigenvalue weighted by molar-refractivity contribution is 7.07. The number of hydrogen-bond acceptors (Lipinski definition) is 7. The van der Waals surface area contributed by atoms with E-state index in [-0.39, 0.29) is 12.2 Å². The molecular weight excluding hydrogens is 502 g/mol. The van der Waals surface area contributed by atoms with Gasteiger partial charge in [-0.2, -0.15) is 0 Å². The smallest absolute Gasteiger partial charge is 0.338 e. The minimum absolute atomic E-state index is 0.207. The minimum Gasteiger partial charge on any atom is -0.493 e. The topological polar surface area (TPSA) is 84.1 Å². The highest BCUT2D eigenvalue weighted by atomic mass is 32.1. The van der Waals surface area contributed by atoms with E-state index in [4.69, 9.17) is 14.2 Å². The first kappa shape index (κ1) is 25.5. The first-order chi connectivity index (χ1) is 18.3. The van der Waals surface area contributed by atoms with Crippen LogP contribution in [0.3, 0.4) is 0 Å². The second-order valence-corrected chi connectivity index (χ2v) is 10.0. The second-order valence-electron chi connectivity index (χ2n) is 8.99. The van der Waals surface area contributed by atoms with Crippen LogP contribution in [0.4, 0.5) is 0 Å². The normalized spacial score (nSPS) is 15.4. The molecule has 4 aromatic rings. The molecule has 0 radical (unpaired) electrons. The average molecular weight is 532 g/mol. The van der Waals surface area contributed by atoms with Gasteiger partial charge in [0.1, 0.15) is 0 Å². The van der Waals surface area contributed by atoms with E-state index in [1.54, 1.807) is 44.8 Å². The number of ether oxygens (including phenoxy) is 3. The lowest BCUT2D eigenvalue weighted by molar-refractivity contribution is -0.139. The van der Waals surface area contributed by atoms with Crippen molar-refractivity contribution in [2.75, 3.05) is 20.8 Å². The van der Waals surface area contributed by atoms with Crippen molar-refractivity contribution in [3.05, 3.63) is 90.2 Å². The summed E-state index contributed by atoms with van der Waals surface area (Å²) in [5.74, 6) is 0.539. The summed E-state index contributed by atoms with van der Waals surface area (Å²) in [5, 5.41) is 1.07. The molecule has 0 unspecified atom stereocenters. The SMILES string of the molecule is CCOC(=O)C1=C(C)N=c2s/c(=C\c3c(C)n(C)c4ccccc34)c(=O)n2[C@@H]1c1ccc(OC)c(OC)c1. The summed E-state index contributed by atoms with van der Waals surface area (Å²) < 4.78 is 20.6. The van der Waals surface area contributed by atoms with Crippen molar-refractivity contribution in [3.63, 3.8) is 0 Å². The molecule has 2 aromatic heterocycles. The number of aromatic nitrogens is 2. The Bertz CT molecular complexity index is 1790. The fourth-order valence-corrected chi connectivity index (χ4v) is 6.02. The van der Waals surface area contributed by atoms with Gasteiger partial charge in [-0.3, -0.25) is 9.36 Å². The summed E-state index contributed by atoms with van der Waals surface area (Å²) >= 11 is 1.31. The summed E-state index contributed by atoms with van der Waals surface area (Å²) in [4.78, 5) is 32.4. The molecular formula is C29H29N3O5S. The van der Waals surface area contributed by atoms with Crippen LogP contribution < -0.4 is 24.4 Å². The molecule has 1 aliphatic heterocycles. The molecule has 9 heteroatoms. The number of rotatable bonds is 6. The maximum atomic E-state index is 14.0. The maximum absolute atomic E-state index is 14.0. The molecule has 1 atom stereocenters. The first-order valence-corrected chi connectivity index (χ1v) is 13.1. The van der Waals surface area contributed by atoms with Crippen molar-refractivity contribution in [2.45, 2.75) is 26.8 Å². The zero-order valence-electron chi connectivity index (χ0n) is 22.2. The molecule has 0 saturated heterocycles. The van der Waals surface area contributed by atoms with Gasteiger partial charge in [0.2, 0.25) is 0 Å². The fraction of sp³-hybridized carbons (Fsp3) is 0.276. The summed E-state index contributed by atoms with van der Waals surface area (Å²) in [7, 11) is 5.12. The van der Waals surface area contributed by atoms with Crippen LogP contribution in [0.1, 0.15) is 36.7 Å². The predicted molar refractivity (Wildman–Crippen MR) is 148 cm³/mol. The number of fused-ring (bicyclic) bond motifs is 2. The van der Waals surface area contributed by atoms with Gasteiger partial charge in [0.05, 0.1) is 42.7 Å². The zero-order chi connectivity index (χ0) is 27.1. The Morgan fingerprint density at radius 1 is 1.11 bits per heavy atom. The number of thiazole rings is 1. The molecule has 8 nitrogen and oxygen atoms in total. The summed E-state index contributed by atoms with van der Waals surface area (Å²) in [5.41, 5.74) is 4.42. The lowest BCUT2D eigenvalue weighted by Gasteiger charge is -2.25. The number of allylic oxidation sites excluding steroid dienone is 1. The van der Waals surface area contributed by atoms with E-state index in [1.165, 1.54) is 11.3 Å². The second kappa shape index (κ2) is 9.98. The number of carbonyl (C=O) groups is 1. The molecule has 0 fully saturated rings. The van der Waals surface area contributed by atoms with Crippen LogP contribution >= 0.6 is 11.3 Å². The minimum atomic E-state index is -0.735. The van der Waals surface area contributed by atoms with E-state index in [2.05, 4.69) is 21.7 Å². The number of hydrogen-bond donors (Lipinski definition) is 0. The highest BCUT2D eigenvalue weighted by Gasteiger charge is 2.34. The van der Waals surface area contributed by atoms with Crippen molar-refractivity contribution >= 4 is 34.3 Å². The molecule has 5 rings (SSSR count). The van der Waals surface area contributed by atoms with E-state index in [0.717, 1.165) is 22.2 Å². The van der Waals surface area contributed by atoms with Crippen molar-refractivity contribution in [1.29, 1.82) is 0 Å². The third-order valence-corrected chi connectivity index (χ3v) is 7.95. The molecule has 0 N–H and O–H groups in total. The number of aryl methyl sites for hydroxylation is 1. The van der Waals surface area contributed by atoms with Crippen LogP contribution in [0, 0.1) is 6.92 Å². The Balaban J connectivity index is 1.78. The Kier molecular flexibility index (Phi) is 6.71. The summed E-state index contributed by atoms with van der Waals surface area (Å²) in [6, 6.07) is 12.8. The van der Waals surface area contributed by atoms with E-state index in [9.17, 15) is 9.59 Å². The number of nitrogens with zero attached hydrogens (tertiary/aromatic N) is 3. The summed E-state index contributed by atoms with van der Waals surface area (Å²) in [6.07, 6.45) is 1.93. The van der Waals surface area contributed by atoms with Crippen LogP contribution in [0.15, 0.2) is 63.5 Å². The molecule has 196 valence electrons. The number of benzene rings is 2. The van der Waals surface area contributed by atoms with E-state index in [0.29, 0.717) is 37.7 Å². The Labute approximate surface area is 223 Å². The standard InChI is InChI=1S/C29H29N3O5S/c1-7-37-28(34)25-16(2)30-29-32(26(25)18-12-13-22(35-5)23(14-18)36-6)27(33)24(38-29)15-20-17(3)31(4)21-11-9-8-10-19(20)21/h8-15,26H,7H2,1-6H3/b24-15-/t26-/m1/s1. The zero-order valence-corrected chi connectivity index (χ0v) is 23.0. The molecule has 2 aromatic carbocycles. The molecule has 0 bridgehead atoms. The van der Waals surface area contributed by atoms with E-state index >= 15 is 0 Å². The van der Waals surface area contributed by atoms with Crippen LogP contribution in [-0.2, 0) is 16.6 Å². The Morgan fingerprint density at radius 2 is 1.84 bits per heavy atom. The number of methoxy groups -OCH3 is 2. The van der Waals surface area contributed by atoms with Crippen LogP contribution in [0.25, 0.3) is 17.0 Å². The quantitative estimate of drug-likeness (QED) is 0.355. The Morgan fingerprint density at radius 3 is 2.55 bits per heavy atom. The number of esters is 1. The lowest BCUT2D eigenvalue weighted by atomic mass is 9.95. The van der Waals surface area contributed by atoms with Gasteiger partial charge in [0.15, 0.2) is 16.3 Å². The van der Waals surface area contributed by atoms with Crippen LogP contribution in [0.5, 0.6) is 11.5 Å². The highest BCUT2D eigenvalue weighted by Crippen LogP contribution is 2.36. The van der Waals surface area contributed by atoms with Gasteiger partial charge in [0, 0.05) is 29.2 Å². The van der Waals surface area contributed by atoms with Crippen molar-refractivity contribution in [1.82, 2.24) is 9.13 Å². The van der Waals surface area contributed by atoms with Crippen LogP contribution in [0.2, 0.25) is 0 Å². The van der Waals surface area contributed by atoms with Crippen molar-refractivity contribution in [3.8, 4) is 11.5 Å². The van der Waals surface area contributed by atoms with Gasteiger partial charge >= 0.3 is 5.97 Å². The summed E-state index contributed by atoms with van der Waals surface area (Å²) in [6.45, 7) is 5.77. The van der Waals surface area contributed by atoms with Crippen molar-refractivity contribution in [2.24, 2.45) is 12.0 Å². The molecule has 0 aliphatic carbocycles. The third-order valence-electron chi connectivity index (χ3n) is 6.96. The number of para-hydroxylation sites is 1. The molecule has 1 aliphatic rings. The first-order valence-electron chi connectivity index (χ1n) is 12.3. The molecule has 3 heterocycles. The van der Waals surface area contributed by atoms with E-state index < -0.39 is 12.0 Å². The average Bonchev–Trinajstić information content (AvgIpc) is 3.35. The molecule has 0 amide bonds. The van der Waals surface area contributed by atoms with Gasteiger partial charge in [0.25, 0.3) is 5.56 Å². The predicted octanol–water partition coefficient (Wildman–Crippen LogP) is 3.62. The van der Waals surface area contributed by atoms with Crippen molar-refractivity contribution < 1.29 is 19.0 Å². The molecule has 0 spiro atoms. The maximum Gasteiger partial charge on any atom is 0.338 e. The number of carbonyl (C=O) groups excluding carboxylic acids is 1. The lowest BCUT2D eigenvalue weighted by Crippen LogP contribution is -2.40. The van der Waals surface area contributed by atoms with Gasteiger partial charge in [-0.25, -0.2) is 9.79 Å². The van der Waals surface area contributed by atoms with Gasteiger partial charge < -0.3 is 18.8 Å². The molecule has 0 saturated carbocycles. The largest absolute Gasteiger partial charge is 0.493 e. The van der Waals surface area contributed by atoms with Gasteiger partial charge in [-0.15, -0.1) is 0 Å². The molecule has 38 heavy (non-hydrogen) atoms. The monoisotopic (exact) mass is 531 g/mol.